The zero-order chi connectivity index (χ0) is 14.5. The van der Waals surface area contributed by atoms with Gasteiger partial charge >= 0.3 is 0 Å². The van der Waals surface area contributed by atoms with Gasteiger partial charge in [0, 0.05) is 24.5 Å². The van der Waals surface area contributed by atoms with Gasteiger partial charge in [-0.2, -0.15) is 0 Å². The molecule has 2 aromatic rings. The normalized spacial score (nSPS) is 12.2. The Labute approximate surface area is 122 Å². The molecule has 0 bridgehead atoms. The summed E-state index contributed by atoms with van der Waals surface area (Å²) in [6.07, 6.45) is 0. The maximum Gasteiger partial charge on any atom is 0.0410 e. The third kappa shape index (κ3) is 3.40. The van der Waals surface area contributed by atoms with E-state index in [1.54, 1.807) is 0 Å². The molecule has 2 nitrogen and oxygen atoms in total. The Hall–Kier alpha value is -1.80. The molecule has 0 aliphatic heterocycles. The summed E-state index contributed by atoms with van der Waals surface area (Å²) in [4.78, 5) is 2.22. The smallest absolute Gasteiger partial charge is 0.0410 e. The number of hydrogen-bond donors (Lipinski definition) is 1. The van der Waals surface area contributed by atoms with Gasteiger partial charge in [-0.1, -0.05) is 31.2 Å². The second-order valence-electron chi connectivity index (χ2n) is 5.27. The lowest BCUT2D eigenvalue weighted by Gasteiger charge is -2.21. The van der Waals surface area contributed by atoms with Crippen molar-refractivity contribution in [2.24, 2.45) is 0 Å². The fourth-order valence-corrected chi connectivity index (χ4v) is 2.40. The van der Waals surface area contributed by atoms with Crippen LogP contribution in [0.4, 0.5) is 11.4 Å². The number of benzene rings is 2. The van der Waals surface area contributed by atoms with E-state index in [4.69, 9.17) is 0 Å². The Kier molecular flexibility index (Phi) is 4.80. The van der Waals surface area contributed by atoms with Crippen LogP contribution in [0.1, 0.15) is 31.0 Å². The van der Waals surface area contributed by atoms with Crippen molar-refractivity contribution in [3.63, 3.8) is 0 Å². The first-order valence-electron chi connectivity index (χ1n) is 7.25. The van der Waals surface area contributed by atoms with Gasteiger partial charge < -0.3 is 10.2 Å². The van der Waals surface area contributed by atoms with Crippen LogP contribution in [0, 0.1) is 6.92 Å². The minimum absolute atomic E-state index is 0.401. The molecule has 0 saturated heterocycles. The van der Waals surface area contributed by atoms with Crippen LogP contribution in [-0.4, -0.2) is 13.6 Å². The van der Waals surface area contributed by atoms with Gasteiger partial charge in [0.25, 0.3) is 0 Å². The van der Waals surface area contributed by atoms with E-state index in [9.17, 15) is 0 Å². The maximum atomic E-state index is 3.44. The van der Waals surface area contributed by atoms with Crippen molar-refractivity contribution in [3.8, 4) is 0 Å². The monoisotopic (exact) mass is 268 g/mol. The average Bonchev–Trinajstić information content (AvgIpc) is 2.47. The lowest BCUT2D eigenvalue weighted by Crippen LogP contribution is -2.17. The van der Waals surface area contributed by atoms with E-state index in [0.717, 1.165) is 6.54 Å². The minimum Gasteiger partial charge on any atom is -0.345 e. The SMILES string of the molecule is CCNC(C)c1ccc(N(C)c2cccc(C)c2)cc1. The number of nitrogens with zero attached hydrogens (tertiary/aromatic N) is 1. The van der Waals surface area contributed by atoms with E-state index >= 15 is 0 Å². The van der Waals surface area contributed by atoms with Crippen LogP contribution < -0.4 is 10.2 Å². The van der Waals surface area contributed by atoms with Gasteiger partial charge in [-0.25, -0.2) is 0 Å². The molecule has 106 valence electrons. The quantitative estimate of drug-likeness (QED) is 0.862. The molecular formula is C18H24N2. The molecule has 0 aromatic heterocycles. The van der Waals surface area contributed by atoms with Crippen LogP contribution in [0.15, 0.2) is 48.5 Å². The van der Waals surface area contributed by atoms with Crippen LogP contribution in [-0.2, 0) is 0 Å². The summed E-state index contributed by atoms with van der Waals surface area (Å²) in [5.74, 6) is 0. The molecule has 0 heterocycles. The second-order valence-corrected chi connectivity index (χ2v) is 5.27. The zero-order valence-corrected chi connectivity index (χ0v) is 12.9. The summed E-state index contributed by atoms with van der Waals surface area (Å²) in [6, 6.07) is 17.7. The first kappa shape index (κ1) is 14.6. The molecule has 0 radical (unpaired) electrons. The highest BCUT2D eigenvalue weighted by atomic mass is 15.1. The van der Waals surface area contributed by atoms with Crippen LogP contribution in [0.3, 0.4) is 0 Å². The van der Waals surface area contributed by atoms with Crippen molar-refractivity contribution in [2.75, 3.05) is 18.5 Å². The molecule has 0 aliphatic carbocycles. The van der Waals surface area contributed by atoms with E-state index in [2.05, 4.69) is 86.6 Å². The summed E-state index contributed by atoms with van der Waals surface area (Å²) in [7, 11) is 2.11. The Bertz CT molecular complexity index is 546. The number of hydrogen-bond acceptors (Lipinski definition) is 2. The highest BCUT2D eigenvalue weighted by Crippen LogP contribution is 2.25. The molecule has 0 amide bonds. The predicted octanol–water partition coefficient (Wildman–Crippen LogP) is 4.43. The van der Waals surface area contributed by atoms with Gasteiger partial charge in [-0.05, 0) is 55.8 Å². The fraction of sp³-hybridized carbons (Fsp3) is 0.333. The molecule has 0 saturated carbocycles. The van der Waals surface area contributed by atoms with Crippen molar-refractivity contribution < 1.29 is 0 Å². The molecule has 2 heteroatoms. The van der Waals surface area contributed by atoms with Crippen molar-refractivity contribution in [1.82, 2.24) is 5.32 Å². The van der Waals surface area contributed by atoms with Crippen LogP contribution >= 0.6 is 0 Å². The van der Waals surface area contributed by atoms with E-state index in [-0.39, 0.29) is 0 Å². The van der Waals surface area contributed by atoms with Crippen LogP contribution in [0.25, 0.3) is 0 Å². The third-order valence-electron chi connectivity index (χ3n) is 3.68. The van der Waals surface area contributed by atoms with Crippen molar-refractivity contribution in [1.29, 1.82) is 0 Å². The molecular weight excluding hydrogens is 244 g/mol. The van der Waals surface area contributed by atoms with E-state index in [0.29, 0.717) is 6.04 Å². The average molecular weight is 268 g/mol. The maximum absolute atomic E-state index is 3.44. The second kappa shape index (κ2) is 6.58. The minimum atomic E-state index is 0.401. The summed E-state index contributed by atoms with van der Waals surface area (Å²) in [6.45, 7) is 7.45. The van der Waals surface area contributed by atoms with Gasteiger partial charge in [0.05, 0.1) is 0 Å². The number of rotatable bonds is 5. The molecule has 0 fully saturated rings. The molecule has 20 heavy (non-hydrogen) atoms. The van der Waals surface area contributed by atoms with E-state index in [1.807, 2.05) is 0 Å². The molecule has 0 aliphatic rings. The van der Waals surface area contributed by atoms with E-state index in [1.165, 1.54) is 22.5 Å². The van der Waals surface area contributed by atoms with Gasteiger partial charge in [-0.15, -0.1) is 0 Å². The molecule has 2 rings (SSSR count). The first-order valence-corrected chi connectivity index (χ1v) is 7.25. The van der Waals surface area contributed by atoms with Gasteiger partial charge in [-0.3, -0.25) is 0 Å². The topological polar surface area (TPSA) is 15.3 Å². The lowest BCUT2D eigenvalue weighted by atomic mass is 10.1. The molecule has 1 N–H and O–H groups in total. The van der Waals surface area contributed by atoms with Crippen LogP contribution in [0.2, 0.25) is 0 Å². The number of nitrogens with one attached hydrogen (secondary N) is 1. The zero-order valence-electron chi connectivity index (χ0n) is 12.9. The van der Waals surface area contributed by atoms with Gasteiger partial charge in [0.1, 0.15) is 0 Å². The molecule has 0 spiro atoms. The Morgan fingerprint density at radius 1 is 1.05 bits per heavy atom. The highest BCUT2D eigenvalue weighted by Gasteiger charge is 2.06. The number of aryl methyl sites for hydroxylation is 1. The molecule has 1 unspecified atom stereocenters. The van der Waals surface area contributed by atoms with Gasteiger partial charge in [0.2, 0.25) is 0 Å². The fourth-order valence-electron chi connectivity index (χ4n) is 2.40. The summed E-state index contributed by atoms with van der Waals surface area (Å²) < 4.78 is 0. The summed E-state index contributed by atoms with van der Waals surface area (Å²) in [5.41, 5.74) is 5.04. The van der Waals surface area contributed by atoms with Crippen molar-refractivity contribution >= 4 is 11.4 Å². The van der Waals surface area contributed by atoms with Gasteiger partial charge in [0.15, 0.2) is 0 Å². The standard InChI is InChI=1S/C18H24N2/c1-5-19-15(3)16-9-11-17(12-10-16)20(4)18-8-6-7-14(2)13-18/h6-13,15,19H,5H2,1-4H3. The molecule has 1 atom stereocenters. The Balaban J connectivity index is 2.17. The largest absolute Gasteiger partial charge is 0.345 e. The predicted molar refractivity (Wildman–Crippen MR) is 87.8 cm³/mol. The van der Waals surface area contributed by atoms with Crippen LogP contribution in [0.5, 0.6) is 0 Å². The first-order chi connectivity index (χ1) is 9.61. The summed E-state index contributed by atoms with van der Waals surface area (Å²) >= 11 is 0. The third-order valence-corrected chi connectivity index (χ3v) is 3.68. The Morgan fingerprint density at radius 3 is 2.35 bits per heavy atom. The van der Waals surface area contributed by atoms with Crippen molar-refractivity contribution in [3.05, 3.63) is 59.7 Å². The highest BCUT2D eigenvalue weighted by molar-refractivity contribution is 5.63. The Morgan fingerprint density at radius 2 is 1.75 bits per heavy atom. The molecule has 2 aromatic carbocycles. The summed E-state index contributed by atoms with van der Waals surface area (Å²) in [5, 5.41) is 3.44. The lowest BCUT2D eigenvalue weighted by molar-refractivity contribution is 0.598. The van der Waals surface area contributed by atoms with E-state index < -0.39 is 0 Å². The number of anilines is 2. The van der Waals surface area contributed by atoms with Crippen molar-refractivity contribution in [2.45, 2.75) is 26.8 Å².